The van der Waals surface area contributed by atoms with Gasteiger partial charge in [-0.1, -0.05) is 42.7 Å². The predicted molar refractivity (Wildman–Crippen MR) is 107 cm³/mol. The maximum atomic E-state index is 12.7. The lowest BCUT2D eigenvalue weighted by atomic mass is 9.95. The first-order chi connectivity index (χ1) is 13.1. The van der Waals surface area contributed by atoms with Crippen molar-refractivity contribution in [2.75, 3.05) is 32.7 Å². The van der Waals surface area contributed by atoms with Crippen molar-refractivity contribution in [2.45, 2.75) is 52.0 Å². The van der Waals surface area contributed by atoms with Crippen LogP contribution in [0.4, 0.5) is 0 Å². The average molecular weight is 372 g/mol. The largest absolute Gasteiger partial charge is 0.351 e. The Morgan fingerprint density at radius 3 is 2.22 bits per heavy atom. The first-order valence-electron chi connectivity index (χ1n) is 10.5. The van der Waals surface area contributed by atoms with Gasteiger partial charge in [0.05, 0.1) is 6.54 Å². The predicted octanol–water partition coefficient (Wildman–Crippen LogP) is 2.73. The number of likely N-dealkylation sites (tertiary alicyclic amines) is 2. The number of rotatable bonds is 5. The van der Waals surface area contributed by atoms with Crippen LogP contribution in [0.25, 0.3) is 0 Å². The Labute approximate surface area is 163 Å². The molecule has 1 N–H and O–H groups in total. The van der Waals surface area contributed by atoms with Gasteiger partial charge in [0.15, 0.2) is 0 Å². The Morgan fingerprint density at radius 2 is 1.59 bits per heavy atom. The molecule has 2 aliphatic rings. The molecule has 0 spiro atoms. The molecular formula is C22H33N3O2. The van der Waals surface area contributed by atoms with Crippen LogP contribution in [0.15, 0.2) is 24.3 Å². The van der Waals surface area contributed by atoms with E-state index in [0.717, 1.165) is 57.4 Å². The number of aryl methyl sites for hydroxylation is 1. The zero-order valence-electron chi connectivity index (χ0n) is 16.6. The molecule has 0 radical (unpaired) electrons. The fourth-order valence-electron chi connectivity index (χ4n) is 4.05. The number of hydrogen-bond acceptors (Lipinski definition) is 3. The number of nitrogens with one attached hydrogen (secondary N) is 1. The maximum absolute atomic E-state index is 12.7. The van der Waals surface area contributed by atoms with Crippen LogP contribution < -0.4 is 5.32 Å². The third-order valence-corrected chi connectivity index (χ3v) is 5.83. The smallest absolute Gasteiger partial charge is 0.234 e. The number of nitrogens with zero attached hydrogens (tertiary/aromatic N) is 2. The van der Waals surface area contributed by atoms with Crippen LogP contribution in [-0.4, -0.2) is 54.3 Å². The van der Waals surface area contributed by atoms with E-state index in [0.29, 0.717) is 19.0 Å². The first-order valence-corrected chi connectivity index (χ1v) is 10.5. The van der Waals surface area contributed by atoms with E-state index in [1.807, 2.05) is 0 Å². The van der Waals surface area contributed by atoms with E-state index >= 15 is 0 Å². The second kappa shape index (κ2) is 9.88. The normalized spacial score (nSPS) is 19.5. The van der Waals surface area contributed by atoms with Crippen molar-refractivity contribution in [3.8, 4) is 0 Å². The molecule has 3 rings (SSSR count). The second-order valence-electron chi connectivity index (χ2n) is 8.05. The molecule has 0 unspecified atom stereocenters. The summed E-state index contributed by atoms with van der Waals surface area (Å²) in [6.07, 6.45) is 6.54. The van der Waals surface area contributed by atoms with Gasteiger partial charge in [-0.25, -0.2) is 0 Å². The first kappa shape index (κ1) is 19.9. The summed E-state index contributed by atoms with van der Waals surface area (Å²) in [5, 5.41) is 3.00. The quantitative estimate of drug-likeness (QED) is 0.866. The van der Waals surface area contributed by atoms with Gasteiger partial charge in [-0.15, -0.1) is 0 Å². The topological polar surface area (TPSA) is 52.7 Å². The number of carbonyl (C=O) groups is 2. The van der Waals surface area contributed by atoms with Crippen LogP contribution >= 0.6 is 0 Å². The summed E-state index contributed by atoms with van der Waals surface area (Å²) < 4.78 is 0. The molecule has 1 aromatic carbocycles. The number of benzene rings is 1. The van der Waals surface area contributed by atoms with Gasteiger partial charge in [0.2, 0.25) is 11.8 Å². The summed E-state index contributed by atoms with van der Waals surface area (Å²) in [4.78, 5) is 29.2. The van der Waals surface area contributed by atoms with E-state index in [9.17, 15) is 9.59 Å². The Hall–Kier alpha value is -1.88. The van der Waals surface area contributed by atoms with Crippen LogP contribution in [0.3, 0.4) is 0 Å². The van der Waals surface area contributed by atoms with E-state index in [1.165, 1.54) is 18.4 Å². The molecule has 148 valence electrons. The highest BCUT2D eigenvalue weighted by Crippen LogP contribution is 2.21. The fourth-order valence-corrected chi connectivity index (χ4v) is 4.05. The number of amides is 2. The zero-order valence-corrected chi connectivity index (χ0v) is 16.6. The van der Waals surface area contributed by atoms with E-state index in [1.54, 1.807) is 0 Å². The van der Waals surface area contributed by atoms with E-state index in [2.05, 4.69) is 46.3 Å². The highest BCUT2D eigenvalue weighted by molar-refractivity contribution is 5.79. The van der Waals surface area contributed by atoms with Gasteiger partial charge < -0.3 is 10.2 Å². The van der Waals surface area contributed by atoms with Crippen LogP contribution in [0.2, 0.25) is 0 Å². The Bertz CT molecular complexity index is 613. The van der Waals surface area contributed by atoms with Crippen LogP contribution in [0.1, 0.15) is 49.7 Å². The Kier molecular flexibility index (Phi) is 7.27. The molecule has 2 fully saturated rings. The minimum absolute atomic E-state index is 0.0628. The van der Waals surface area contributed by atoms with Crippen molar-refractivity contribution in [2.24, 2.45) is 5.92 Å². The Balaban J connectivity index is 1.37. The molecular weight excluding hydrogens is 338 g/mol. The van der Waals surface area contributed by atoms with Gasteiger partial charge >= 0.3 is 0 Å². The monoisotopic (exact) mass is 371 g/mol. The van der Waals surface area contributed by atoms with Crippen molar-refractivity contribution in [1.82, 2.24) is 15.1 Å². The van der Waals surface area contributed by atoms with E-state index < -0.39 is 0 Å². The molecule has 2 aliphatic heterocycles. The maximum Gasteiger partial charge on any atom is 0.234 e. The molecule has 5 nitrogen and oxygen atoms in total. The molecule has 2 saturated heterocycles. The fraction of sp³-hybridized carbons (Fsp3) is 0.636. The van der Waals surface area contributed by atoms with Crippen molar-refractivity contribution in [3.05, 3.63) is 35.4 Å². The lowest BCUT2D eigenvalue weighted by Crippen LogP contribution is -2.45. The molecule has 2 amide bonds. The minimum Gasteiger partial charge on any atom is -0.351 e. The average Bonchev–Trinajstić information content (AvgIpc) is 2.97. The number of carbonyl (C=O) groups excluding carboxylic acids is 2. The summed E-state index contributed by atoms with van der Waals surface area (Å²) in [5.41, 5.74) is 2.35. The molecule has 5 heteroatoms. The third kappa shape index (κ3) is 6.06. The number of piperidine rings is 1. The Morgan fingerprint density at radius 1 is 0.963 bits per heavy atom. The molecule has 2 heterocycles. The summed E-state index contributed by atoms with van der Waals surface area (Å²) in [6, 6.07) is 8.23. The zero-order chi connectivity index (χ0) is 19.1. The van der Waals surface area contributed by atoms with Gasteiger partial charge in [0.25, 0.3) is 0 Å². The number of hydrogen-bond donors (Lipinski definition) is 1. The molecule has 27 heavy (non-hydrogen) atoms. The van der Waals surface area contributed by atoms with Crippen molar-refractivity contribution >= 4 is 11.8 Å². The van der Waals surface area contributed by atoms with Gasteiger partial charge in [0, 0.05) is 25.6 Å². The van der Waals surface area contributed by atoms with E-state index in [4.69, 9.17) is 0 Å². The highest BCUT2D eigenvalue weighted by atomic mass is 16.2. The van der Waals surface area contributed by atoms with Gasteiger partial charge in [-0.3, -0.25) is 14.5 Å². The molecule has 0 saturated carbocycles. The minimum atomic E-state index is 0.0628. The van der Waals surface area contributed by atoms with Crippen molar-refractivity contribution in [3.63, 3.8) is 0 Å². The molecule has 0 bridgehead atoms. The van der Waals surface area contributed by atoms with Gasteiger partial charge in [-0.05, 0) is 51.3 Å². The molecule has 0 aliphatic carbocycles. The highest BCUT2D eigenvalue weighted by Gasteiger charge is 2.29. The third-order valence-electron chi connectivity index (χ3n) is 5.83. The van der Waals surface area contributed by atoms with Gasteiger partial charge in [0.1, 0.15) is 0 Å². The molecule has 0 aromatic heterocycles. The summed E-state index contributed by atoms with van der Waals surface area (Å²) in [7, 11) is 0. The van der Waals surface area contributed by atoms with E-state index in [-0.39, 0.29) is 11.8 Å². The molecule has 0 atom stereocenters. The summed E-state index contributed by atoms with van der Waals surface area (Å²) in [5.74, 6) is 0.559. The van der Waals surface area contributed by atoms with Crippen molar-refractivity contribution < 1.29 is 9.59 Å². The lowest BCUT2D eigenvalue weighted by molar-refractivity contribution is -0.137. The second-order valence-corrected chi connectivity index (χ2v) is 8.05. The van der Waals surface area contributed by atoms with Gasteiger partial charge in [-0.2, -0.15) is 0 Å². The summed E-state index contributed by atoms with van der Waals surface area (Å²) in [6.45, 7) is 6.59. The molecule has 1 aromatic rings. The lowest BCUT2D eigenvalue weighted by Gasteiger charge is -2.33. The van der Waals surface area contributed by atoms with Crippen molar-refractivity contribution in [1.29, 1.82) is 0 Å². The standard InChI is InChI=1S/C22H33N3O2/c1-18-6-8-19(9-7-18)16-23-21(26)17-24-14-10-20(11-15-24)22(27)25-12-4-2-3-5-13-25/h6-9,20H,2-5,10-17H2,1H3,(H,23,26). The SMILES string of the molecule is Cc1ccc(CNC(=O)CN2CCC(C(=O)N3CCCCCC3)CC2)cc1. The summed E-state index contributed by atoms with van der Waals surface area (Å²) >= 11 is 0. The van der Waals surface area contributed by atoms with Crippen LogP contribution in [-0.2, 0) is 16.1 Å². The van der Waals surface area contributed by atoms with Crippen LogP contribution in [0.5, 0.6) is 0 Å². The van der Waals surface area contributed by atoms with Crippen LogP contribution in [0, 0.1) is 12.8 Å².